The van der Waals surface area contributed by atoms with Crippen LogP contribution in [0.5, 0.6) is 11.5 Å². The summed E-state index contributed by atoms with van der Waals surface area (Å²) >= 11 is 0. The number of nitro benzene ring substituents is 1. The first-order valence-electron chi connectivity index (χ1n) is 8.44. The molecule has 0 fully saturated rings. The monoisotopic (exact) mass is 415 g/mol. The zero-order chi connectivity index (χ0) is 21.0. The van der Waals surface area contributed by atoms with E-state index in [-0.39, 0.29) is 11.4 Å². The van der Waals surface area contributed by atoms with E-state index in [2.05, 4.69) is 0 Å². The van der Waals surface area contributed by atoms with Crippen molar-refractivity contribution in [1.82, 2.24) is 4.83 Å². The lowest BCUT2D eigenvalue weighted by Crippen LogP contribution is -2.37. The second-order valence-corrected chi connectivity index (χ2v) is 7.02. The maximum atomic E-state index is 12.8. The van der Waals surface area contributed by atoms with Gasteiger partial charge in [0.05, 0.1) is 4.92 Å². The van der Waals surface area contributed by atoms with Crippen molar-refractivity contribution in [3.8, 4) is 11.5 Å². The molecule has 0 aromatic heterocycles. The van der Waals surface area contributed by atoms with E-state index in [1.807, 2.05) is 18.2 Å². The predicted molar refractivity (Wildman–Crippen MR) is 105 cm³/mol. The zero-order valence-electron chi connectivity index (χ0n) is 15.2. The second kappa shape index (κ2) is 8.64. The van der Waals surface area contributed by atoms with E-state index >= 15 is 0 Å². The first kappa shape index (κ1) is 20.2. The Bertz CT molecular complexity index is 1070. The topological polar surface area (TPSA) is 119 Å². The molecule has 0 aliphatic rings. The summed E-state index contributed by atoms with van der Waals surface area (Å²) in [6, 6.07) is 16.1. The molecule has 3 aromatic carbocycles. The molecule has 0 aliphatic carbocycles. The third-order valence-corrected chi connectivity index (χ3v) is 5.13. The Morgan fingerprint density at radius 3 is 2.41 bits per heavy atom. The number of non-ortho nitro benzene ring substituents is 1. The lowest BCUT2D eigenvalue weighted by Gasteiger charge is -2.14. The van der Waals surface area contributed by atoms with Gasteiger partial charge in [0.15, 0.2) is 17.5 Å². The molecule has 0 spiro atoms. The Morgan fingerprint density at radius 1 is 1.10 bits per heavy atom. The number of nitrogens with zero attached hydrogens (tertiary/aromatic N) is 2. The number of fused-ring (bicyclic) bond motifs is 1. The van der Waals surface area contributed by atoms with Crippen LogP contribution in [0.15, 0.2) is 66.7 Å². The van der Waals surface area contributed by atoms with E-state index in [0.717, 1.165) is 5.39 Å². The van der Waals surface area contributed by atoms with Crippen LogP contribution in [0.4, 0.5) is 5.69 Å². The van der Waals surface area contributed by atoms with Gasteiger partial charge in [0.1, 0.15) is 4.83 Å². The number of hydroxylamine groups is 1. The molecular weight excluding hydrogens is 399 g/mol. The summed E-state index contributed by atoms with van der Waals surface area (Å²) in [6.07, 6.45) is 0. The van der Waals surface area contributed by atoms with Gasteiger partial charge in [0.25, 0.3) is 5.69 Å². The van der Waals surface area contributed by atoms with E-state index in [1.54, 1.807) is 24.3 Å². The van der Waals surface area contributed by atoms with Gasteiger partial charge < -0.3 is 9.94 Å². The molecule has 148 valence electrons. The first-order chi connectivity index (χ1) is 13.9. The number of hydrogen-bond acceptors (Lipinski definition) is 6. The largest absolute Gasteiger partial charge is 0.704 e. The number of carboxylic acid groups (broad SMARTS) is 1. The molecule has 1 N–H and O–H groups in total. The van der Waals surface area contributed by atoms with E-state index in [9.17, 15) is 24.6 Å². The molecule has 0 amide bonds. The highest BCUT2D eigenvalue weighted by Crippen LogP contribution is 2.37. The minimum Gasteiger partial charge on any atom is -0.480 e. The van der Waals surface area contributed by atoms with Gasteiger partial charge in [0, 0.05) is 22.1 Å². The van der Waals surface area contributed by atoms with Gasteiger partial charge in [-0.15, -0.1) is 0 Å². The molecule has 0 radical (unpaired) electrons. The van der Waals surface area contributed by atoms with Crippen molar-refractivity contribution in [3.05, 3.63) is 76.8 Å². The van der Waals surface area contributed by atoms with Crippen molar-refractivity contribution in [3.63, 3.8) is 0 Å². The summed E-state index contributed by atoms with van der Waals surface area (Å²) in [6.45, 7) is 1.29. The standard InChI is InChI=1S/C19H15N2O7P/c1-13(19(22)23)21(27-16-11-9-15(10-12-16)20(24)25)29(26)28-18-8-4-6-14-5-2-3-7-17(14)18/h2-13H,1H3/p+1. The molecule has 0 saturated carbocycles. The van der Waals surface area contributed by atoms with Crippen molar-refractivity contribution >= 4 is 30.6 Å². The zero-order valence-corrected chi connectivity index (χ0v) is 16.1. The van der Waals surface area contributed by atoms with Crippen molar-refractivity contribution in [1.29, 1.82) is 0 Å². The van der Waals surface area contributed by atoms with Gasteiger partial charge in [0.2, 0.25) is 0 Å². The number of benzene rings is 3. The highest BCUT2D eigenvalue weighted by molar-refractivity contribution is 7.36. The maximum Gasteiger partial charge on any atom is 0.704 e. The SMILES string of the molecule is CC(C(=O)O)N(Oc1ccc([N+](=O)[O-])cc1)[P+](=O)Oc1cccc2ccccc12. The van der Waals surface area contributed by atoms with Crippen LogP contribution >= 0.6 is 8.18 Å². The predicted octanol–water partition coefficient (Wildman–Crippen LogP) is 4.55. The fraction of sp³-hybridized carbons (Fsp3) is 0.105. The molecule has 0 bridgehead atoms. The molecule has 29 heavy (non-hydrogen) atoms. The van der Waals surface area contributed by atoms with Crippen LogP contribution < -0.4 is 9.36 Å². The van der Waals surface area contributed by atoms with Crippen LogP contribution in [0.2, 0.25) is 0 Å². The third-order valence-electron chi connectivity index (χ3n) is 4.02. The molecule has 0 saturated heterocycles. The average molecular weight is 415 g/mol. The smallest absolute Gasteiger partial charge is 0.480 e. The van der Waals surface area contributed by atoms with Crippen LogP contribution in [0.1, 0.15) is 6.92 Å². The van der Waals surface area contributed by atoms with Crippen LogP contribution in [-0.4, -0.2) is 26.9 Å². The van der Waals surface area contributed by atoms with E-state index in [1.165, 1.54) is 31.2 Å². The van der Waals surface area contributed by atoms with Crippen LogP contribution in [0.25, 0.3) is 10.8 Å². The molecule has 9 nitrogen and oxygen atoms in total. The summed E-state index contributed by atoms with van der Waals surface area (Å²) in [4.78, 5) is 27.8. The fourth-order valence-corrected chi connectivity index (χ4v) is 3.44. The Morgan fingerprint density at radius 2 is 1.76 bits per heavy atom. The number of carboxylic acids is 1. The lowest BCUT2D eigenvalue weighted by atomic mass is 10.1. The quantitative estimate of drug-likeness (QED) is 0.323. The van der Waals surface area contributed by atoms with Crippen LogP contribution in [0.3, 0.4) is 0 Å². The Labute approximate surface area is 166 Å². The van der Waals surface area contributed by atoms with Gasteiger partial charge in [-0.05, 0) is 30.5 Å². The van der Waals surface area contributed by atoms with Gasteiger partial charge in [-0.25, -0.2) is 4.52 Å². The second-order valence-electron chi connectivity index (χ2n) is 5.97. The summed E-state index contributed by atoms with van der Waals surface area (Å²) in [5, 5.41) is 21.7. The molecular formula is C19H16N2O7P+. The van der Waals surface area contributed by atoms with Crippen molar-refractivity contribution in [2.24, 2.45) is 0 Å². The number of hydrogen-bond donors (Lipinski definition) is 1. The average Bonchev–Trinajstić information content (AvgIpc) is 2.72. The van der Waals surface area contributed by atoms with Crippen LogP contribution in [-0.2, 0) is 9.36 Å². The van der Waals surface area contributed by atoms with Gasteiger partial charge in [-0.3, -0.25) is 14.9 Å². The number of carbonyl (C=O) groups is 1. The van der Waals surface area contributed by atoms with Crippen molar-refractivity contribution in [2.75, 3.05) is 0 Å². The summed E-state index contributed by atoms with van der Waals surface area (Å²) in [5.74, 6) is -0.899. The molecule has 0 heterocycles. The highest BCUT2D eigenvalue weighted by Gasteiger charge is 2.43. The van der Waals surface area contributed by atoms with E-state index < -0.39 is 25.1 Å². The van der Waals surface area contributed by atoms with Gasteiger partial charge >= 0.3 is 14.1 Å². The Kier molecular flexibility index (Phi) is 6.01. The van der Waals surface area contributed by atoms with Gasteiger partial charge in [-0.2, -0.15) is 0 Å². The minimum atomic E-state index is -2.76. The Hall–Kier alpha value is -3.55. The van der Waals surface area contributed by atoms with Crippen molar-refractivity contribution < 1.29 is 28.8 Å². The fourth-order valence-electron chi connectivity index (χ4n) is 2.48. The first-order valence-corrected chi connectivity index (χ1v) is 9.57. The normalized spacial score (nSPS) is 12.4. The molecule has 2 atom stereocenters. The van der Waals surface area contributed by atoms with Gasteiger partial charge in [-0.1, -0.05) is 36.4 Å². The number of aliphatic carboxylic acids is 1. The Balaban J connectivity index is 1.86. The van der Waals surface area contributed by atoms with E-state index in [4.69, 9.17) is 9.36 Å². The lowest BCUT2D eigenvalue weighted by molar-refractivity contribution is -0.384. The van der Waals surface area contributed by atoms with Crippen molar-refractivity contribution in [2.45, 2.75) is 13.0 Å². The number of rotatable bonds is 8. The summed E-state index contributed by atoms with van der Waals surface area (Å²) in [5.41, 5.74) is -0.161. The molecule has 2 unspecified atom stereocenters. The van der Waals surface area contributed by atoms with Crippen LogP contribution in [0, 0.1) is 10.1 Å². The molecule has 3 rings (SSSR count). The van der Waals surface area contributed by atoms with E-state index in [0.29, 0.717) is 16.0 Å². The molecule has 3 aromatic rings. The number of nitro groups is 1. The third kappa shape index (κ3) is 4.66. The minimum absolute atomic E-state index is 0.0774. The summed E-state index contributed by atoms with van der Waals surface area (Å²) in [7, 11) is -2.76. The maximum absolute atomic E-state index is 12.8. The molecule has 10 heteroatoms. The molecule has 0 aliphatic heterocycles. The highest BCUT2D eigenvalue weighted by atomic mass is 31.1. The summed E-state index contributed by atoms with van der Waals surface area (Å²) < 4.78 is 18.4.